The molecule has 1 aliphatic carbocycles. The van der Waals surface area contributed by atoms with Crippen LogP contribution in [0, 0.1) is 6.92 Å². The monoisotopic (exact) mass is 475 g/mol. The lowest BCUT2D eigenvalue weighted by atomic mass is 10.2. The molecule has 0 bridgehead atoms. The first-order chi connectivity index (χ1) is 14.6. The van der Waals surface area contributed by atoms with Gasteiger partial charge in [0.25, 0.3) is 5.56 Å². The number of carbonyl (C=O) groups is 1. The molecule has 0 saturated heterocycles. The molecule has 11 heteroatoms. The number of aromatic nitrogens is 2. The number of hydrogen-bond acceptors (Lipinski definition) is 6. The summed E-state index contributed by atoms with van der Waals surface area (Å²) in [4.78, 5) is 39.1. The number of fused-ring (bicyclic) bond motifs is 1. The first-order valence-electron chi connectivity index (χ1n) is 10.4. The molecule has 0 spiro atoms. The molecule has 2 aromatic rings. The first kappa shape index (κ1) is 24.5. The third-order valence-electron chi connectivity index (χ3n) is 5.42. The normalized spacial score (nSPS) is 15.9. The summed E-state index contributed by atoms with van der Waals surface area (Å²) < 4.78 is 46.2. The van der Waals surface area contributed by atoms with Gasteiger partial charge in [-0.1, -0.05) is 0 Å². The number of esters is 1. The average molecular weight is 476 g/mol. The van der Waals surface area contributed by atoms with Gasteiger partial charge in [-0.25, -0.2) is 4.79 Å². The fourth-order valence-corrected chi connectivity index (χ4v) is 4.82. The van der Waals surface area contributed by atoms with Gasteiger partial charge < -0.3 is 10.1 Å². The minimum absolute atomic E-state index is 0.0614. The summed E-state index contributed by atoms with van der Waals surface area (Å²) >= 11 is 1.10. The second kappa shape index (κ2) is 8.33. The van der Waals surface area contributed by atoms with Gasteiger partial charge in [0.15, 0.2) is 0 Å². The molecule has 0 aromatic carbocycles. The molecule has 0 unspecified atom stereocenters. The van der Waals surface area contributed by atoms with E-state index in [1.54, 1.807) is 34.6 Å². The Labute approximate surface area is 187 Å². The molecule has 7 nitrogen and oxygen atoms in total. The highest BCUT2D eigenvalue weighted by Crippen LogP contribution is 2.41. The molecule has 178 valence electrons. The minimum atomic E-state index is -4.43. The predicted molar refractivity (Wildman–Crippen MR) is 116 cm³/mol. The number of aryl methyl sites for hydroxylation is 2. The van der Waals surface area contributed by atoms with Gasteiger partial charge in [0, 0.05) is 18.0 Å². The highest BCUT2D eigenvalue weighted by Gasteiger charge is 2.43. The summed E-state index contributed by atoms with van der Waals surface area (Å²) in [6, 6.07) is 0. The number of carbonyl (C=O) groups excluding carboxylic acids is 1. The van der Waals surface area contributed by atoms with Crippen molar-refractivity contribution in [1.29, 1.82) is 0 Å². The average Bonchev–Trinajstić information content (AvgIpc) is 3.26. The van der Waals surface area contributed by atoms with E-state index in [0.29, 0.717) is 23.3 Å². The summed E-state index contributed by atoms with van der Waals surface area (Å²) in [5.41, 5.74) is -1.86. The SMILES string of the molecule is Cc1c(CNCC(=O)OC(C)(C)C)sc2c1c(=O)n(C1(C)CC1)c(=O)n2CCC(F)(F)F. The van der Waals surface area contributed by atoms with Gasteiger partial charge in [-0.2, -0.15) is 13.2 Å². The van der Waals surface area contributed by atoms with Crippen LogP contribution in [0.15, 0.2) is 9.59 Å². The number of thiophene rings is 1. The zero-order valence-corrected chi connectivity index (χ0v) is 19.6. The number of nitrogens with zero attached hydrogens (tertiary/aromatic N) is 2. The van der Waals surface area contributed by atoms with Crippen molar-refractivity contribution >= 4 is 27.5 Å². The third-order valence-corrected chi connectivity index (χ3v) is 6.73. The summed E-state index contributed by atoms with van der Waals surface area (Å²) in [7, 11) is 0. The summed E-state index contributed by atoms with van der Waals surface area (Å²) in [5, 5.41) is 3.22. The van der Waals surface area contributed by atoms with E-state index >= 15 is 0 Å². The fraction of sp³-hybridized carbons (Fsp3) is 0.667. The third kappa shape index (κ3) is 5.25. The topological polar surface area (TPSA) is 82.3 Å². The van der Waals surface area contributed by atoms with Gasteiger partial charge in [-0.3, -0.25) is 18.7 Å². The quantitative estimate of drug-likeness (QED) is 0.621. The maximum absolute atomic E-state index is 13.2. The van der Waals surface area contributed by atoms with Crippen LogP contribution in [0.3, 0.4) is 0 Å². The Morgan fingerprint density at radius 3 is 2.38 bits per heavy atom. The van der Waals surface area contributed by atoms with Crippen molar-refractivity contribution in [3.05, 3.63) is 31.3 Å². The molecular weight excluding hydrogens is 447 g/mol. The maximum atomic E-state index is 13.2. The van der Waals surface area contributed by atoms with Gasteiger partial charge in [-0.05, 0) is 53.0 Å². The zero-order valence-electron chi connectivity index (χ0n) is 18.8. The van der Waals surface area contributed by atoms with Crippen LogP contribution < -0.4 is 16.6 Å². The van der Waals surface area contributed by atoms with Crippen LogP contribution in [0.1, 0.15) is 57.4 Å². The highest BCUT2D eigenvalue weighted by atomic mass is 32.1. The lowest BCUT2D eigenvalue weighted by Crippen LogP contribution is -2.44. The standard InChI is InChI=1S/C21H28F3N3O4S/c1-12-13(10-25-11-14(28)31-19(2,3)4)32-17-15(12)16(29)27(20(5)6-7-20)18(30)26(17)9-8-21(22,23)24/h25H,6-11H2,1-5H3. The van der Waals surface area contributed by atoms with E-state index in [0.717, 1.165) is 20.5 Å². The largest absolute Gasteiger partial charge is 0.459 e. The van der Waals surface area contributed by atoms with E-state index < -0.39 is 47.5 Å². The second-order valence-electron chi connectivity index (χ2n) is 9.46. The van der Waals surface area contributed by atoms with Gasteiger partial charge in [0.1, 0.15) is 10.4 Å². The molecule has 2 aromatic heterocycles. The fourth-order valence-electron chi connectivity index (χ4n) is 3.53. The van der Waals surface area contributed by atoms with Crippen LogP contribution in [0.4, 0.5) is 13.2 Å². The Balaban J connectivity index is 1.98. The smallest absolute Gasteiger partial charge is 0.390 e. The van der Waals surface area contributed by atoms with Crippen molar-refractivity contribution in [3.63, 3.8) is 0 Å². The van der Waals surface area contributed by atoms with Crippen molar-refractivity contribution in [1.82, 2.24) is 14.5 Å². The predicted octanol–water partition coefficient (Wildman–Crippen LogP) is 3.43. The van der Waals surface area contributed by atoms with E-state index in [1.165, 1.54) is 0 Å². The van der Waals surface area contributed by atoms with Gasteiger partial charge in [0.2, 0.25) is 0 Å². The zero-order chi connectivity index (χ0) is 24.1. The van der Waals surface area contributed by atoms with E-state index in [1.807, 2.05) is 0 Å². The van der Waals surface area contributed by atoms with Crippen LogP contribution in [0.5, 0.6) is 0 Å². The lowest BCUT2D eigenvalue weighted by Gasteiger charge is -2.19. The second-order valence-corrected chi connectivity index (χ2v) is 10.5. The van der Waals surface area contributed by atoms with E-state index in [-0.39, 0.29) is 23.3 Å². The molecule has 0 radical (unpaired) electrons. The van der Waals surface area contributed by atoms with Crippen LogP contribution >= 0.6 is 11.3 Å². The Morgan fingerprint density at radius 2 is 1.84 bits per heavy atom. The maximum Gasteiger partial charge on any atom is 0.390 e. The molecule has 2 heterocycles. The molecule has 1 aliphatic rings. The van der Waals surface area contributed by atoms with Crippen LogP contribution in [-0.4, -0.2) is 33.4 Å². The Kier molecular flexibility index (Phi) is 6.38. The Morgan fingerprint density at radius 1 is 1.22 bits per heavy atom. The van der Waals surface area contributed by atoms with E-state index in [9.17, 15) is 27.6 Å². The van der Waals surface area contributed by atoms with Gasteiger partial charge in [0.05, 0.1) is 23.9 Å². The summed E-state index contributed by atoms with van der Waals surface area (Å²) in [6.07, 6.45) is -4.35. The summed E-state index contributed by atoms with van der Waals surface area (Å²) in [6.45, 7) is 8.35. The molecule has 0 atom stereocenters. The van der Waals surface area contributed by atoms with Crippen molar-refractivity contribution < 1.29 is 22.7 Å². The van der Waals surface area contributed by atoms with Gasteiger partial charge >= 0.3 is 17.8 Å². The van der Waals surface area contributed by atoms with E-state index in [4.69, 9.17) is 4.74 Å². The van der Waals surface area contributed by atoms with Crippen LogP contribution in [-0.2, 0) is 28.2 Å². The molecule has 0 aliphatic heterocycles. The molecular formula is C21H28F3N3O4S. The molecule has 1 fully saturated rings. The number of alkyl halides is 3. The number of rotatable bonds is 7. The highest BCUT2D eigenvalue weighted by molar-refractivity contribution is 7.18. The number of halogens is 3. The van der Waals surface area contributed by atoms with Crippen molar-refractivity contribution in [2.24, 2.45) is 0 Å². The number of nitrogens with one attached hydrogen (secondary N) is 1. The lowest BCUT2D eigenvalue weighted by molar-refractivity contribution is -0.153. The summed E-state index contributed by atoms with van der Waals surface area (Å²) in [5.74, 6) is -0.442. The molecule has 3 rings (SSSR count). The van der Waals surface area contributed by atoms with Gasteiger partial charge in [-0.15, -0.1) is 11.3 Å². The van der Waals surface area contributed by atoms with Crippen molar-refractivity contribution in [2.45, 2.75) is 84.3 Å². The van der Waals surface area contributed by atoms with Crippen molar-refractivity contribution in [3.8, 4) is 0 Å². The Hall–Kier alpha value is -2.14. The number of ether oxygens (including phenoxy) is 1. The van der Waals surface area contributed by atoms with Crippen LogP contribution in [0.25, 0.3) is 10.2 Å². The first-order valence-corrected chi connectivity index (χ1v) is 11.2. The molecule has 1 N–H and O–H groups in total. The molecule has 0 amide bonds. The van der Waals surface area contributed by atoms with Crippen molar-refractivity contribution in [2.75, 3.05) is 6.54 Å². The molecule has 1 saturated carbocycles. The van der Waals surface area contributed by atoms with Crippen LogP contribution in [0.2, 0.25) is 0 Å². The van der Waals surface area contributed by atoms with E-state index in [2.05, 4.69) is 5.32 Å². The Bertz CT molecular complexity index is 1150. The number of hydrogen-bond donors (Lipinski definition) is 1. The minimum Gasteiger partial charge on any atom is -0.459 e. The molecule has 32 heavy (non-hydrogen) atoms.